The number of ether oxygens (including phenoxy) is 5. The number of rotatable bonds is 34. The molecule has 13 aromatic rings. The number of nitrogens with two attached hydrogens (primary N) is 5. The highest BCUT2D eigenvalue weighted by molar-refractivity contribution is 7.90. The van der Waals surface area contributed by atoms with Crippen LogP contribution in [0.5, 0.6) is 5.75 Å². The Labute approximate surface area is 867 Å². The highest BCUT2D eigenvalue weighted by Gasteiger charge is 2.42. The number of nitrogens with zero attached hydrogens (tertiary/aromatic N) is 12. The van der Waals surface area contributed by atoms with Crippen LogP contribution in [0.3, 0.4) is 0 Å². The second kappa shape index (κ2) is 50.5. The van der Waals surface area contributed by atoms with Crippen LogP contribution in [-0.2, 0) is 64.3 Å². The number of nitrogen functional groups attached to an aromatic ring is 1. The molecule has 1 aliphatic heterocycles. The molecule has 149 heavy (non-hydrogen) atoms. The summed E-state index contributed by atoms with van der Waals surface area (Å²) in [7, 11) is -4.56. The number of benzene rings is 4. The second-order valence-corrected chi connectivity index (χ2v) is 45.0. The zero-order valence-corrected chi connectivity index (χ0v) is 86.7. The first-order valence-electron chi connectivity index (χ1n) is 48.1. The van der Waals surface area contributed by atoms with E-state index in [1.54, 1.807) is 92.1 Å². The summed E-state index contributed by atoms with van der Waals surface area (Å²) in [5.74, 6) is -8.31. The summed E-state index contributed by atoms with van der Waals surface area (Å²) >= 11 is 2.92. The molecule has 4 aromatic carbocycles. The van der Waals surface area contributed by atoms with E-state index in [2.05, 4.69) is 68.9 Å². The normalized spacial score (nSPS) is 21.4. The summed E-state index contributed by atoms with van der Waals surface area (Å²) in [4.78, 5) is 88.1. The summed E-state index contributed by atoms with van der Waals surface area (Å²) in [6, 6.07) is 21.2. The molecule has 3 saturated carbocycles. The van der Waals surface area contributed by atoms with Gasteiger partial charge < -0.3 is 57.3 Å². The van der Waals surface area contributed by atoms with E-state index < -0.39 is 89.1 Å². The molecular formula is C105H114F9N17O13S5. The molecule has 10 heterocycles. The van der Waals surface area contributed by atoms with Gasteiger partial charge in [-0.25, -0.2) is 81.0 Å². The van der Waals surface area contributed by atoms with Crippen molar-refractivity contribution in [3.8, 4) is 48.7 Å². The number of methoxy groups -OCH3 is 1. The van der Waals surface area contributed by atoms with Crippen LogP contribution < -0.4 is 38.3 Å². The fourth-order valence-corrected chi connectivity index (χ4v) is 23.4. The van der Waals surface area contributed by atoms with Gasteiger partial charge in [-0.05, 0) is 193 Å². The zero-order valence-electron chi connectivity index (χ0n) is 82.6. The molecule has 0 bridgehead atoms. The van der Waals surface area contributed by atoms with Crippen molar-refractivity contribution in [2.45, 2.75) is 165 Å². The quantitative estimate of drug-likeness (QED) is 0.0108. The number of carbonyl (C=O) groups is 4. The maximum atomic E-state index is 14.9. The Kier molecular flexibility index (Phi) is 38.1. The van der Waals surface area contributed by atoms with E-state index in [1.807, 2.05) is 32.0 Å². The van der Waals surface area contributed by atoms with Crippen LogP contribution in [-0.4, -0.2) is 208 Å². The van der Waals surface area contributed by atoms with Gasteiger partial charge in [-0.15, -0.1) is 27.8 Å². The number of sulfone groups is 2. The van der Waals surface area contributed by atoms with Crippen molar-refractivity contribution >= 4 is 87.5 Å². The van der Waals surface area contributed by atoms with Gasteiger partial charge in [0.15, 0.2) is 29.9 Å². The summed E-state index contributed by atoms with van der Waals surface area (Å²) < 4.78 is 204. The van der Waals surface area contributed by atoms with Crippen LogP contribution in [0, 0.1) is 76.0 Å². The van der Waals surface area contributed by atoms with Gasteiger partial charge in [0.05, 0.1) is 77.5 Å². The Bertz CT molecular complexity index is 7010. The lowest BCUT2D eigenvalue weighted by Gasteiger charge is -2.42. The predicted octanol–water partition coefficient (Wildman–Crippen LogP) is 16.7. The summed E-state index contributed by atoms with van der Waals surface area (Å²) in [5.41, 5.74) is 36.5. The van der Waals surface area contributed by atoms with Crippen LogP contribution in [0.1, 0.15) is 178 Å². The summed E-state index contributed by atoms with van der Waals surface area (Å²) in [6.07, 6.45) is 22.9. The molecule has 4 fully saturated rings. The average Bonchev–Trinajstić information content (AvgIpc) is 1.64. The molecule has 44 heteroatoms. The Morgan fingerprint density at radius 1 is 0.456 bits per heavy atom. The second-order valence-electron chi connectivity index (χ2n) is 37.7. The van der Waals surface area contributed by atoms with E-state index in [1.165, 1.54) is 54.3 Å². The van der Waals surface area contributed by atoms with E-state index >= 15 is 0 Å². The van der Waals surface area contributed by atoms with E-state index in [9.17, 15) is 75.5 Å². The number of carbonyl (C=O) groups excluding carboxylic acids is 4. The lowest BCUT2D eigenvalue weighted by Crippen LogP contribution is -2.53. The Morgan fingerprint density at radius 2 is 0.879 bits per heavy atom. The average molecular weight is 2150 g/mol. The van der Waals surface area contributed by atoms with Gasteiger partial charge in [0, 0.05) is 179 Å². The van der Waals surface area contributed by atoms with Crippen molar-refractivity contribution in [2.75, 3.05) is 81.5 Å². The Hall–Kier alpha value is -12.3. The van der Waals surface area contributed by atoms with Crippen LogP contribution in [0.15, 0.2) is 176 Å². The number of hydrogen-bond donors (Lipinski definition) is 5. The molecular weight excluding hydrogens is 2040 g/mol. The lowest BCUT2D eigenvalue weighted by molar-refractivity contribution is -0.0154. The van der Waals surface area contributed by atoms with E-state index in [0.29, 0.717) is 49.6 Å². The first-order chi connectivity index (χ1) is 71.1. The van der Waals surface area contributed by atoms with Gasteiger partial charge in [-0.3, -0.25) is 39.1 Å². The third-order valence-corrected chi connectivity index (χ3v) is 31.2. The molecule has 17 rings (SSSR count). The number of hydrogen-bond acceptors (Lipinski definition) is 32. The zero-order chi connectivity index (χ0) is 107. The van der Waals surface area contributed by atoms with Crippen molar-refractivity contribution < 1.29 is 99.2 Å². The Morgan fingerprint density at radius 3 is 1.30 bits per heavy atom. The minimum atomic E-state index is -3.13. The fourth-order valence-electron chi connectivity index (χ4n) is 19.9. The van der Waals surface area contributed by atoms with Crippen molar-refractivity contribution in [1.29, 1.82) is 0 Å². The maximum absolute atomic E-state index is 14.9. The molecule has 9 aromatic heterocycles. The van der Waals surface area contributed by atoms with E-state index in [4.69, 9.17) is 52.4 Å². The highest BCUT2D eigenvalue weighted by Crippen LogP contribution is 2.45. The minimum absolute atomic E-state index is 0.00172. The predicted molar refractivity (Wildman–Crippen MR) is 548 cm³/mol. The van der Waals surface area contributed by atoms with Crippen molar-refractivity contribution in [1.82, 2.24) is 54.9 Å². The number of thiazole rings is 3. The molecule has 15 atom stereocenters. The monoisotopic (exact) mass is 2150 g/mol. The molecule has 30 nitrogen and oxygen atoms in total. The van der Waals surface area contributed by atoms with Crippen molar-refractivity contribution in [2.24, 2.45) is 46.6 Å². The molecule has 0 amide bonds. The van der Waals surface area contributed by atoms with Crippen LogP contribution >= 0.6 is 34.0 Å². The lowest BCUT2D eigenvalue weighted by atomic mass is 9.73. The van der Waals surface area contributed by atoms with Crippen molar-refractivity contribution in [3.05, 3.63) is 290 Å². The van der Waals surface area contributed by atoms with Gasteiger partial charge in [0.1, 0.15) is 126 Å². The molecule has 4 aliphatic rings. The third kappa shape index (κ3) is 28.3. The number of aromatic nitrogens is 11. The van der Waals surface area contributed by atoms with Gasteiger partial charge in [0.2, 0.25) is 0 Å². The summed E-state index contributed by atoms with van der Waals surface area (Å²) in [6.45, 7) is 11.5. The summed E-state index contributed by atoms with van der Waals surface area (Å²) in [5, 5.41) is 11.4. The number of anilines is 2. The van der Waals surface area contributed by atoms with Crippen LogP contribution in [0.4, 0.5) is 50.2 Å². The SMILES string of the molecule is CCOCOc1cc(F)c(-c2nc(C(=O)Cc3cnccc3N3C[C@@H](N)[C@@H](n4ccnn4)[C@@H](C)C3)ccc2F)c(F)c1.CO[C@H]1[C@H](N)C[C@H](c2ccncc2CC(=O)c2csc(-c3c(F)cccc3F)n2)C[C@@H]1C.C[C@H]1C[C@@H](c2ccncc2CC(=O)c2csc(-c3c(F)cccc3F)n2)C[C@@H](N)[C@H]1OCCS(C)(=O)=O.C[C@H]1C[C@@H](c2ccncc2CC(=O)c2nc(-c3c(F)cccc3F)sc2N)C[C@@H](N)[C@H]1OCCS(C)(=O)=O. The number of piperidine rings is 1. The third-order valence-electron chi connectivity index (χ3n) is 26.8. The fraction of sp³-hybridized carbons (Fsp3) is 0.390. The first-order valence-corrected chi connectivity index (χ1v) is 54.8. The number of Topliss-reactive ketones (excluding diaryl/α,β-unsaturated/α-hetero) is 4. The van der Waals surface area contributed by atoms with Crippen LogP contribution in [0.2, 0.25) is 0 Å². The van der Waals surface area contributed by atoms with Crippen molar-refractivity contribution in [3.63, 3.8) is 0 Å². The molecule has 790 valence electrons. The topological polar surface area (TPSA) is 450 Å². The number of pyridine rings is 5. The molecule has 1 saturated heterocycles. The van der Waals surface area contributed by atoms with Gasteiger partial charge in [0.25, 0.3) is 0 Å². The number of ketones is 4. The van der Waals surface area contributed by atoms with Gasteiger partial charge in [-0.1, -0.05) is 62.4 Å². The molecule has 0 spiro atoms. The molecule has 10 N–H and O–H groups in total. The van der Waals surface area contributed by atoms with E-state index in [0.717, 1.165) is 136 Å². The van der Waals surface area contributed by atoms with Gasteiger partial charge >= 0.3 is 0 Å². The molecule has 3 aliphatic carbocycles. The Balaban J connectivity index is 0.000000157. The van der Waals surface area contributed by atoms with E-state index in [-0.39, 0.29) is 224 Å². The molecule has 0 radical (unpaired) electrons. The van der Waals surface area contributed by atoms with Crippen LogP contribution in [0.25, 0.3) is 43.0 Å². The molecule has 0 unspecified atom stereocenters. The smallest absolute Gasteiger partial charge is 0.189 e. The standard InChI is InChI=1S/C29H30F3N7O3.C26H30F2N4O4S2.C26H29F2N3O4S2.C24H25F2N3O2S/c1-3-41-16-42-19-11-21(31)27(22(32)12-19)28-20(30)4-5-24(36-28)26(40)10-18-13-34-7-6-25(18)38-14-17(2)29(23(33)15-38)39-9-8-35-37-39;1-14-10-15(11-20(29)24(14)36-8-9-38(2,34)35)17-6-7-31-13-16(17)12-21(33)23-25(30)37-26(32-23)22-18(27)4-3-5-19(22)28;1-15-10-16(11-21(29)25(15)35-8-9-37(2,33)34)18-6-7-30-13-17(18)12-23(32)22-14-36-26(31-22)24-19(27)4-3-5-20(24)28;1-13-8-14(9-19(27)23(13)31-2)16-6-7-28-11-15(16)10-21(30)20-12-32-24(29-20)22-17(25)4-3-5-18(22)26/h4-9,11-13,17,23,29H,3,10,14-16,33H2,1-2H3;3-7,13-15,20,24H,8-12,29-30H2,1-2H3;3-7,13-16,21,25H,8-12,29H2,1-2H3;3-7,11-14,19,23H,8-10,27H2,1-2H3/t17-,23+,29-;14-,15+,20+,24-;15-,16+,21+,25-;13-,14+,19+,23+/m0000/s1. The largest absolute Gasteiger partial charge is 0.467 e. The van der Waals surface area contributed by atoms with Gasteiger partial charge in [-0.2, -0.15) is 0 Å². The number of halogens is 9. The highest BCUT2D eigenvalue weighted by atomic mass is 32.2. The minimum Gasteiger partial charge on any atom is -0.467 e. The maximum Gasteiger partial charge on any atom is 0.189 e. The first kappa shape index (κ1) is 112.